The molecular formula is C20H34O9S. The normalized spacial score (nSPS) is 11.8. The van der Waals surface area contributed by atoms with Gasteiger partial charge in [0, 0.05) is 0 Å². The van der Waals surface area contributed by atoms with E-state index in [1.54, 1.807) is 0 Å². The standard InChI is InChI=1S/C20H34O9S/c1-30(21,22)29-18-17-27-14-13-25-10-9-23-7-8-24-11-12-26-15-16-28-19-20-5-3-2-4-6-20/h2-6H,7-19H2,1H3. The minimum absolute atomic E-state index is 0.00895. The lowest BCUT2D eigenvalue weighted by molar-refractivity contribution is -0.0185. The number of hydrogen-bond acceptors (Lipinski definition) is 9. The van der Waals surface area contributed by atoms with Crippen LogP contribution in [0.4, 0.5) is 0 Å². The lowest BCUT2D eigenvalue weighted by Gasteiger charge is -2.08. The summed E-state index contributed by atoms with van der Waals surface area (Å²) >= 11 is 0. The number of rotatable bonds is 21. The average Bonchev–Trinajstić information content (AvgIpc) is 2.72. The molecule has 0 unspecified atom stereocenters. The van der Waals surface area contributed by atoms with Gasteiger partial charge in [0.1, 0.15) is 0 Å². The van der Waals surface area contributed by atoms with E-state index in [1.807, 2.05) is 30.3 Å². The van der Waals surface area contributed by atoms with Crippen LogP contribution >= 0.6 is 0 Å². The first kappa shape index (κ1) is 26.9. The molecular weight excluding hydrogens is 416 g/mol. The zero-order valence-electron chi connectivity index (χ0n) is 17.7. The van der Waals surface area contributed by atoms with Crippen molar-refractivity contribution in [3.63, 3.8) is 0 Å². The Morgan fingerprint density at radius 1 is 0.567 bits per heavy atom. The van der Waals surface area contributed by atoms with Crippen LogP contribution in [0.15, 0.2) is 30.3 Å². The minimum Gasteiger partial charge on any atom is -0.377 e. The van der Waals surface area contributed by atoms with E-state index in [-0.39, 0.29) is 13.2 Å². The van der Waals surface area contributed by atoms with E-state index in [0.29, 0.717) is 72.7 Å². The van der Waals surface area contributed by atoms with Gasteiger partial charge in [-0.1, -0.05) is 30.3 Å². The molecule has 0 aliphatic rings. The van der Waals surface area contributed by atoms with E-state index in [0.717, 1.165) is 11.8 Å². The maximum Gasteiger partial charge on any atom is 0.264 e. The van der Waals surface area contributed by atoms with E-state index in [2.05, 4.69) is 4.18 Å². The molecule has 0 N–H and O–H groups in total. The van der Waals surface area contributed by atoms with Gasteiger partial charge >= 0.3 is 0 Å². The van der Waals surface area contributed by atoms with Gasteiger partial charge in [-0.15, -0.1) is 0 Å². The van der Waals surface area contributed by atoms with Crippen LogP contribution in [-0.4, -0.2) is 94.0 Å². The van der Waals surface area contributed by atoms with Crippen molar-refractivity contribution in [3.05, 3.63) is 35.9 Å². The quantitative estimate of drug-likeness (QED) is 0.202. The molecule has 1 aromatic rings. The Morgan fingerprint density at radius 3 is 1.33 bits per heavy atom. The van der Waals surface area contributed by atoms with Crippen LogP contribution in [0.3, 0.4) is 0 Å². The fourth-order valence-electron chi connectivity index (χ4n) is 2.11. The minimum atomic E-state index is -3.41. The van der Waals surface area contributed by atoms with Crippen LogP contribution in [0, 0.1) is 0 Å². The zero-order chi connectivity index (χ0) is 21.8. The molecule has 0 atom stereocenters. The lowest BCUT2D eigenvalue weighted by Crippen LogP contribution is -2.15. The molecule has 1 rings (SSSR count). The summed E-state index contributed by atoms with van der Waals surface area (Å²) in [4.78, 5) is 0. The van der Waals surface area contributed by atoms with Crippen LogP contribution < -0.4 is 0 Å². The number of ether oxygens (including phenoxy) is 6. The van der Waals surface area contributed by atoms with Crippen LogP contribution in [-0.2, 0) is 49.3 Å². The van der Waals surface area contributed by atoms with Gasteiger partial charge in [-0.05, 0) is 5.56 Å². The summed E-state index contributed by atoms with van der Waals surface area (Å²) < 4.78 is 58.2. The van der Waals surface area contributed by atoms with Gasteiger partial charge in [-0.25, -0.2) is 0 Å². The van der Waals surface area contributed by atoms with Crippen LogP contribution in [0.5, 0.6) is 0 Å². The Bertz CT molecular complexity index is 596. The third kappa shape index (κ3) is 18.9. The molecule has 0 aromatic heterocycles. The molecule has 174 valence electrons. The van der Waals surface area contributed by atoms with Gasteiger partial charge in [0.25, 0.3) is 10.1 Å². The van der Waals surface area contributed by atoms with Crippen molar-refractivity contribution >= 4 is 10.1 Å². The van der Waals surface area contributed by atoms with Crippen molar-refractivity contribution in [1.29, 1.82) is 0 Å². The second-order valence-corrected chi connectivity index (χ2v) is 7.77. The van der Waals surface area contributed by atoms with Crippen molar-refractivity contribution in [2.24, 2.45) is 0 Å². The molecule has 30 heavy (non-hydrogen) atoms. The average molecular weight is 451 g/mol. The Kier molecular flexibility index (Phi) is 16.7. The Labute approximate surface area is 179 Å². The molecule has 0 fully saturated rings. The molecule has 0 saturated carbocycles. The van der Waals surface area contributed by atoms with Crippen molar-refractivity contribution in [2.45, 2.75) is 6.61 Å². The molecule has 0 bridgehead atoms. The largest absolute Gasteiger partial charge is 0.377 e. The molecule has 9 nitrogen and oxygen atoms in total. The third-order valence-corrected chi connectivity index (χ3v) is 4.09. The first-order valence-electron chi connectivity index (χ1n) is 9.93. The zero-order valence-corrected chi connectivity index (χ0v) is 18.5. The molecule has 0 aliphatic heterocycles. The highest BCUT2D eigenvalue weighted by Gasteiger charge is 2.00. The molecule has 0 heterocycles. The second-order valence-electron chi connectivity index (χ2n) is 6.13. The number of benzene rings is 1. The van der Waals surface area contributed by atoms with E-state index in [1.165, 1.54) is 0 Å². The van der Waals surface area contributed by atoms with Gasteiger partial charge in [0.15, 0.2) is 0 Å². The fraction of sp³-hybridized carbons (Fsp3) is 0.700. The predicted molar refractivity (Wildman–Crippen MR) is 111 cm³/mol. The molecule has 0 amide bonds. The molecule has 10 heteroatoms. The van der Waals surface area contributed by atoms with Crippen molar-refractivity contribution < 1.29 is 41.0 Å². The van der Waals surface area contributed by atoms with Gasteiger partial charge in [-0.2, -0.15) is 8.42 Å². The first-order chi connectivity index (χ1) is 14.6. The van der Waals surface area contributed by atoms with Gasteiger partial charge in [-0.3, -0.25) is 4.18 Å². The highest BCUT2D eigenvalue weighted by Crippen LogP contribution is 1.99. The SMILES string of the molecule is CS(=O)(=O)OCCOCCOCCOCCOCCOCCOCc1ccccc1. The summed E-state index contributed by atoms with van der Waals surface area (Å²) in [5.41, 5.74) is 1.15. The van der Waals surface area contributed by atoms with Crippen LogP contribution in [0.2, 0.25) is 0 Å². The molecule has 0 saturated heterocycles. The second kappa shape index (κ2) is 18.6. The Hall–Kier alpha value is -1.11. The van der Waals surface area contributed by atoms with E-state index in [9.17, 15) is 8.42 Å². The lowest BCUT2D eigenvalue weighted by atomic mass is 10.2. The topological polar surface area (TPSA) is 98.8 Å². The molecule has 0 aliphatic carbocycles. The highest BCUT2D eigenvalue weighted by molar-refractivity contribution is 7.85. The van der Waals surface area contributed by atoms with Crippen molar-refractivity contribution in [1.82, 2.24) is 0 Å². The van der Waals surface area contributed by atoms with E-state index >= 15 is 0 Å². The maximum absolute atomic E-state index is 10.7. The maximum atomic E-state index is 10.7. The first-order valence-corrected chi connectivity index (χ1v) is 11.7. The molecule has 0 spiro atoms. The van der Waals surface area contributed by atoms with Crippen LogP contribution in [0.1, 0.15) is 5.56 Å². The van der Waals surface area contributed by atoms with Crippen molar-refractivity contribution in [3.8, 4) is 0 Å². The van der Waals surface area contributed by atoms with Gasteiger partial charge in [0.2, 0.25) is 0 Å². The van der Waals surface area contributed by atoms with Crippen LogP contribution in [0.25, 0.3) is 0 Å². The highest BCUT2D eigenvalue weighted by atomic mass is 32.2. The predicted octanol–water partition coefficient (Wildman–Crippen LogP) is 1.26. The third-order valence-electron chi connectivity index (χ3n) is 3.50. The monoisotopic (exact) mass is 450 g/mol. The summed E-state index contributed by atoms with van der Waals surface area (Å²) in [6.07, 6.45) is 1.000. The molecule has 1 aromatic carbocycles. The summed E-state index contributed by atoms with van der Waals surface area (Å²) in [6, 6.07) is 10.0. The smallest absolute Gasteiger partial charge is 0.264 e. The van der Waals surface area contributed by atoms with Crippen molar-refractivity contribution in [2.75, 3.05) is 85.5 Å². The number of hydrogen-bond donors (Lipinski definition) is 0. The van der Waals surface area contributed by atoms with E-state index in [4.69, 9.17) is 28.4 Å². The molecule has 0 radical (unpaired) electrons. The van der Waals surface area contributed by atoms with Gasteiger partial charge in [0.05, 0.1) is 92.1 Å². The summed E-state index contributed by atoms with van der Waals surface area (Å²) in [7, 11) is -3.41. The summed E-state index contributed by atoms with van der Waals surface area (Å²) in [5, 5.41) is 0. The Morgan fingerprint density at radius 2 is 0.933 bits per heavy atom. The fourth-order valence-corrected chi connectivity index (χ4v) is 2.48. The Balaban J connectivity index is 1.69. The summed E-state index contributed by atoms with van der Waals surface area (Å²) in [6.45, 7) is 5.62. The van der Waals surface area contributed by atoms with Gasteiger partial charge < -0.3 is 28.4 Å². The summed E-state index contributed by atoms with van der Waals surface area (Å²) in [5.74, 6) is 0. The van der Waals surface area contributed by atoms with E-state index < -0.39 is 10.1 Å².